The fourth-order valence-corrected chi connectivity index (χ4v) is 2.17. The van der Waals surface area contributed by atoms with Gasteiger partial charge >= 0.3 is 0 Å². The van der Waals surface area contributed by atoms with E-state index in [1.807, 2.05) is 12.4 Å². The van der Waals surface area contributed by atoms with E-state index in [9.17, 15) is 0 Å². The van der Waals surface area contributed by atoms with Gasteiger partial charge in [-0.2, -0.15) is 0 Å². The number of hydrogen-bond acceptors (Lipinski definition) is 2. The molecule has 0 amide bonds. The molecular weight excluding hydrogens is 232 g/mol. The quantitative estimate of drug-likeness (QED) is 0.880. The van der Waals surface area contributed by atoms with Crippen molar-refractivity contribution in [1.82, 2.24) is 4.98 Å². The Labute approximate surface area is 115 Å². The summed E-state index contributed by atoms with van der Waals surface area (Å²) in [6.45, 7) is 4.41. The number of benzene rings is 1. The van der Waals surface area contributed by atoms with E-state index in [2.05, 4.69) is 55.2 Å². The second kappa shape index (κ2) is 6.48. The Morgan fingerprint density at radius 1 is 0.947 bits per heavy atom. The van der Waals surface area contributed by atoms with Gasteiger partial charge in [-0.1, -0.05) is 38.1 Å². The Morgan fingerprint density at radius 3 is 2.11 bits per heavy atom. The molecule has 0 fully saturated rings. The predicted octanol–water partition coefficient (Wildman–Crippen LogP) is 3.84. The number of aryl methyl sites for hydroxylation is 1. The number of hydrogen-bond donors (Lipinski definition) is 1. The molecule has 0 aliphatic heterocycles. The molecular formula is C17H22N2. The molecule has 2 heteroatoms. The first kappa shape index (κ1) is 13.8. The maximum atomic E-state index is 6.25. The Bertz CT molecular complexity index is 488. The summed E-state index contributed by atoms with van der Waals surface area (Å²) in [7, 11) is 0. The molecule has 0 saturated carbocycles. The van der Waals surface area contributed by atoms with E-state index in [0.717, 1.165) is 12.8 Å². The summed E-state index contributed by atoms with van der Waals surface area (Å²) in [6, 6.07) is 12.9. The van der Waals surface area contributed by atoms with Crippen molar-refractivity contribution in [1.29, 1.82) is 0 Å². The molecule has 1 aromatic carbocycles. The smallest absolute Gasteiger partial charge is 0.0298 e. The van der Waals surface area contributed by atoms with Crippen LogP contribution in [0.1, 0.15) is 48.9 Å². The highest BCUT2D eigenvalue weighted by Gasteiger charge is 2.07. The molecule has 0 saturated heterocycles. The van der Waals surface area contributed by atoms with Crippen molar-refractivity contribution >= 4 is 0 Å². The van der Waals surface area contributed by atoms with Gasteiger partial charge in [0.2, 0.25) is 0 Å². The third-order valence-electron chi connectivity index (χ3n) is 3.52. The van der Waals surface area contributed by atoms with Gasteiger partial charge in [0.25, 0.3) is 0 Å². The van der Waals surface area contributed by atoms with Crippen LogP contribution >= 0.6 is 0 Å². The highest BCUT2D eigenvalue weighted by Crippen LogP contribution is 2.20. The predicted molar refractivity (Wildman–Crippen MR) is 80.0 cm³/mol. The summed E-state index contributed by atoms with van der Waals surface area (Å²) < 4.78 is 0. The lowest BCUT2D eigenvalue weighted by atomic mass is 9.96. The standard InChI is InChI=1S/C17H22N2/c1-13(2)15-4-6-16(7-5-15)17(18)8-3-14-9-11-19-12-10-14/h4-7,9-13,17H,3,8,18H2,1-2H3. The lowest BCUT2D eigenvalue weighted by molar-refractivity contribution is 0.650. The molecule has 2 rings (SSSR count). The van der Waals surface area contributed by atoms with Crippen molar-refractivity contribution < 1.29 is 0 Å². The van der Waals surface area contributed by atoms with Gasteiger partial charge in [0.05, 0.1) is 0 Å². The van der Waals surface area contributed by atoms with Crippen LogP contribution in [0.2, 0.25) is 0 Å². The van der Waals surface area contributed by atoms with E-state index in [1.54, 1.807) is 0 Å². The van der Waals surface area contributed by atoms with E-state index < -0.39 is 0 Å². The van der Waals surface area contributed by atoms with Crippen molar-refractivity contribution in [2.45, 2.75) is 38.6 Å². The highest BCUT2D eigenvalue weighted by molar-refractivity contribution is 5.27. The van der Waals surface area contributed by atoms with E-state index in [4.69, 9.17) is 5.73 Å². The number of nitrogens with two attached hydrogens (primary N) is 1. The van der Waals surface area contributed by atoms with Crippen LogP contribution in [0.4, 0.5) is 0 Å². The van der Waals surface area contributed by atoms with Gasteiger partial charge in [-0.15, -0.1) is 0 Å². The van der Waals surface area contributed by atoms with Gasteiger partial charge in [-0.25, -0.2) is 0 Å². The summed E-state index contributed by atoms with van der Waals surface area (Å²) in [5.41, 5.74) is 10.1. The SMILES string of the molecule is CC(C)c1ccc(C(N)CCc2ccncc2)cc1. The molecule has 2 N–H and O–H groups in total. The number of aromatic nitrogens is 1. The van der Waals surface area contributed by atoms with Crippen molar-refractivity contribution in [3.8, 4) is 0 Å². The summed E-state index contributed by atoms with van der Waals surface area (Å²) >= 11 is 0. The third kappa shape index (κ3) is 3.90. The van der Waals surface area contributed by atoms with Gasteiger partial charge in [0.1, 0.15) is 0 Å². The normalized spacial score (nSPS) is 12.6. The Balaban J connectivity index is 1.94. The number of rotatable bonds is 5. The first-order chi connectivity index (χ1) is 9.16. The molecule has 0 bridgehead atoms. The Kier molecular flexibility index (Phi) is 4.69. The molecule has 0 aliphatic rings. The first-order valence-electron chi connectivity index (χ1n) is 6.91. The highest BCUT2D eigenvalue weighted by atomic mass is 14.6. The third-order valence-corrected chi connectivity index (χ3v) is 3.52. The van der Waals surface area contributed by atoms with Crippen LogP contribution in [-0.4, -0.2) is 4.98 Å². The minimum Gasteiger partial charge on any atom is -0.324 e. The zero-order valence-electron chi connectivity index (χ0n) is 11.7. The second-order valence-electron chi connectivity index (χ2n) is 5.32. The lowest BCUT2D eigenvalue weighted by Gasteiger charge is -2.13. The lowest BCUT2D eigenvalue weighted by Crippen LogP contribution is -2.11. The van der Waals surface area contributed by atoms with Crippen LogP contribution in [0.3, 0.4) is 0 Å². The van der Waals surface area contributed by atoms with Crippen LogP contribution in [-0.2, 0) is 6.42 Å². The molecule has 2 aromatic rings. The second-order valence-corrected chi connectivity index (χ2v) is 5.32. The van der Waals surface area contributed by atoms with Crippen molar-refractivity contribution in [2.24, 2.45) is 5.73 Å². The minimum atomic E-state index is 0.106. The van der Waals surface area contributed by atoms with Crippen LogP contribution < -0.4 is 5.73 Å². The molecule has 0 spiro atoms. The maximum absolute atomic E-state index is 6.25. The number of nitrogens with zero attached hydrogens (tertiary/aromatic N) is 1. The van der Waals surface area contributed by atoms with Crippen LogP contribution in [0, 0.1) is 0 Å². The van der Waals surface area contributed by atoms with E-state index >= 15 is 0 Å². The molecule has 1 atom stereocenters. The molecule has 1 aromatic heterocycles. The molecule has 100 valence electrons. The molecule has 19 heavy (non-hydrogen) atoms. The van der Waals surface area contributed by atoms with Gasteiger partial charge in [-0.05, 0) is 47.6 Å². The van der Waals surface area contributed by atoms with Crippen molar-refractivity contribution in [3.05, 3.63) is 65.5 Å². The minimum absolute atomic E-state index is 0.106. The Hall–Kier alpha value is -1.67. The van der Waals surface area contributed by atoms with E-state index in [0.29, 0.717) is 5.92 Å². The Morgan fingerprint density at radius 2 is 1.53 bits per heavy atom. The molecule has 2 nitrogen and oxygen atoms in total. The summed E-state index contributed by atoms with van der Waals surface area (Å²) in [5, 5.41) is 0. The maximum Gasteiger partial charge on any atom is 0.0298 e. The first-order valence-corrected chi connectivity index (χ1v) is 6.91. The molecule has 1 unspecified atom stereocenters. The summed E-state index contributed by atoms with van der Waals surface area (Å²) in [6.07, 6.45) is 5.62. The van der Waals surface area contributed by atoms with Gasteiger partial charge in [-0.3, -0.25) is 4.98 Å². The van der Waals surface area contributed by atoms with Gasteiger partial charge in [0, 0.05) is 18.4 Å². The largest absolute Gasteiger partial charge is 0.324 e. The van der Waals surface area contributed by atoms with E-state index in [1.165, 1.54) is 16.7 Å². The molecule has 0 radical (unpaired) electrons. The average Bonchev–Trinajstić information content (AvgIpc) is 2.46. The average molecular weight is 254 g/mol. The van der Waals surface area contributed by atoms with Crippen LogP contribution in [0.25, 0.3) is 0 Å². The van der Waals surface area contributed by atoms with Crippen molar-refractivity contribution in [3.63, 3.8) is 0 Å². The zero-order valence-corrected chi connectivity index (χ0v) is 11.7. The molecule has 1 heterocycles. The fourth-order valence-electron chi connectivity index (χ4n) is 2.17. The number of pyridine rings is 1. The van der Waals surface area contributed by atoms with Gasteiger partial charge in [0.15, 0.2) is 0 Å². The topological polar surface area (TPSA) is 38.9 Å². The summed E-state index contributed by atoms with van der Waals surface area (Å²) in [4.78, 5) is 4.03. The molecule has 0 aliphatic carbocycles. The summed E-state index contributed by atoms with van der Waals surface area (Å²) in [5.74, 6) is 0.571. The fraction of sp³-hybridized carbons (Fsp3) is 0.353. The van der Waals surface area contributed by atoms with Crippen molar-refractivity contribution in [2.75, 3.05) is 0 Å². The van der Waals surface area contributed by atoms with E-state index in [-0.39, 0.29) is 6.04 Å². The van der Waals surface area contributed by atoms with Crippen LogP contribution in [0.5, 0.6) is 0 Å². The van der Waals surface area contributed by atoms with Gasteiger partial charge < -0.3 is 5.73 Å². The van der Waals surface area contributed by atoms with Crippen LogP contribution in [0.15, 0.2) is 48.8 Å². The monoisotopic (exact) mass is 254 g/mol. The zero-order chi connectivity index (χ0) is 13.7.